The molecular formula is C34H50N4O6Si. The topological polar surface area (TPSA) is 120 Å². The minimum atomic E-state index is -1.76. The molecule has 1 saturated heterocycles. The van der Waals surface area contributed by atoms with Gasteiger partial charge >= 0.3 is 18.1 Å². The van der Waals surface area contributed by atoms with Gasteiger partial charge < -0.3 is 29.8 Å². The monoisotopic (exact) mass is 638 g/mol. The molecule has 0 radical (unpaired) electrons. The zero-order chi connectivity index (χ0) is 32.6. The zero-order valence-electron chi connectivity index (χ0n) is 27.4. The van der Waals surface area contributed by atoms with E-state index in [0.29, 0.717) is 32.5 Å². The second-order valence-corrected chi connectivity index (χ2v) is 18.3. The van der Waals surface area contributed by atoms with Gasteiger partial charge in [-0.3, -0.25) is 4.90 Å². The molecular weight excluding hydrogens is 588 g/mol. The van der Waals surface area contributed by atoms with Crippen molar-refractivity contribution >= 4 is 26.4 Å². The van der Waals surface area contributed by atoms with Crippen LogP contribution in [0.2, 0.25) is 18.1 Å². The van der Waals surface area contributed by atoms with Gasteiger partial charge in [0.2, 0.25) is 0 Å². The number of benzene rings is 2. The first-order chi connectivity index (χ1) is 21.4. The molecule has 246 valence electrons. The van der Waals surface area contributed by atoms with Crippen molar-refractivity contribution in [3.05, 3.63) is 59.7 Å². The molecule has 1 fully saturated rings. The Morgan fingerprint density at radius 2 is 1.56 bits per heavy atom. The van der Waals surface area contributed by atoms with Crippen LogP contribution in [-0.2, 0) is 14.0 Å². The summed E-state index contributed by atoms with van der Waals surface area (Å²) in [5.74, 6) is -1.21. The fraction of sp³-hybridized carbons (Fsp3) is 0.559. The zero-order valence-corrected chi connectivity index (χ0v) is 28.4. The SMILES string of the molecule is CC(C)(C)[Si](C)(C)OCCN1CCN(C(=O)NCCCC[C@H](NC(=O)OCC2c3ccccc3-c3ccccc32)C(=O)O)CC1. The number of carbonyl (C=O) groups is 3. The highest BCUT2D eigenvalue weighted by molar-refractivity contribution is 6.74. The van der Waals surface area contributed by atoms with Crippen LogP contribution in [0.3, 0.4) is 0 Å². The summed E-state index contributed by atoms with van der Waals surface area (Å²) in [5.41, 5.74) is 4.44. The Bertz CT molecular complexity index is 1280. The summed E-state index contributed by atoms with van der Waals surface area (Å²) in [7, 11) is -1.76. The van der Waals surface area contributed by atoms with Crippen LogP contribution in [0.1, 0.15) is 57.1 Å². The third-order valence-electron chi connectivity index (χ3n) is 9.47. The van der Waals surface area contributed by atoms with E-state index in [2.05, 4.69) is 61.5 Å². The van der Waals surface area contributed by atoms with Gasteiger partial charge in [0.15, 0.2) is 8.32 Å². The molecule has 0 spiro atoms. The summed E-state index contributed by atoms with van der Waals surface area (Å²) in [5, 5.41) is 15.3. The summed E-state index contributed by atoms with van der Waals surface area (Å²) in [6.45, 7) is 16.4. The van der Waals surface area contributed by atoms with Gasteiger partial charge in [-0.25, -0.2) is 14.4 Å². The van der Waals surface area contributed by atoms with Crippen molar-refractivity contribution in [2.45, 2.75) is 70.1 Å². The third kappa shape index (κ3) is 9.08. The smallest absolute Gasteiger partial charge is 0.407 e. The Hall–Kier alpha value is -3.41. The number of carbonyl (C=O) groups excluding carboxylic acids is 2. The van der Waals surface area contributed by atoms with Crippen molar-refractivity contribution in [3.63, 3.8) is 0 Å². The van der Waals surface area contributed by atoms with E-state index in [-0.39, 0.29) is 30.0 Å². The number of aliphatic carboxylic acids is 1. The van der Waals surface area contributed by atoms with E-state index >= 15 is 0 Å². The second kappa shape index (κ2) is 15.2. The maximum atomic E-state index is 12.7. The number of urea groups is 1. The van der Waals surface area contributed by atoms with Crippen LogP contribution in [0.25, 0.3) is 11.1 Å². The van der Waals surface area contributed by atoms with E-state index in [1.54, 1.807) is 0 Å². The minimum absolute atomic E-state index is 0.0978. The Morgan fingerprint density at radius 1 is 0.956 bits per heavy atom. The van der Waals surface area contributed by atoms with E-state index in [4.69, 9.17) is 9.16 Å². The molecule has 3 N–H and O–H groups in total. The summed E-state index contributed by atoms with van der Waals surface area (Å²) < 4.78 is 11.8. The summed E-state index contributed by atoms with van der Waals surface area (Å²) in [4.78, 5) is 41.2. The number of hydrogen-bond donors (Lipinski definition) is 3. The first-order valence-corrected chi connectivity index (χ1v) is 19.0. The van der Waals surface area contributed by atoms with Gasteiger partial charge in [0, 0.05) is 51.8 Å². The van der Waals surface area contributed by atoms with Crippen LogP contribution in [-0.4, -0.2) is 99.8 Å². The molecule has 2 aromatic rings. The van der Waals surface area contributed by atoms with Gasteiger partial charge in [-0.1, -0.05) is 69.3 Å². The fourth-order valence-corrected chi connectivity index (χ4v) is 6.68. The highest BCUT2D eigenvalue weighted by atomic mass is 28.4. The molecule has 1 heterocycles. The van der Waals surface area contributed by atoms with E-state index in [1.807, 2.05) is 41.3 Å². The van der Waals surface area contributed by atoms with Crippen molar-refractivity contribution in [2.24, 2.45) is 0 Å². The largest absolute Gasteiger partial charge is 0.480 e. The predicted molar refractivity (Wildman–Crippen MR) is 178 cm³/mol. The molecule has 0 bridgehead atoms. The van der Waals surface area contributed by atoms with Crippen LogP contribution in [0, 0.1) is 0 Å². The molecule has 1 aliphatic carbocycles. The number of ether oxygens (including phenoxy) is 1. The van der Waals surface area contributed by atoms with Crippen LogP contribution < -0.4 is 10.6 Å². The first-order valence-electron chi connectivity index (χ1n) is 16.1. The molecule has 0 saturated carbocycles. The lowest BCUT2D eigenvalue weighted by atomic mass is 9.98. The molecule has 3 amide bonds. The summed E-state index contributed by atoms with van der Waals surface area (Å²) in [6.07, 6.45) is 0.629. The normalized spacial score (nSPS) is 16.1. The number of carboxylic acid groups (broad SMARTS) is 1. The first kappa shape index (κ1) is 34.5. The molecule has 2 aliphatic rings. The van der Waals surface area contributed by atoms with Crippen LogP contribution in [0.5, 0.6) is 0 Å². The molecule has 1 aliphatic heterocycles. The average molecular weight is 639 g/mol. The fourth-order valence-electron chi connectivity index (χ4n) is 5.64. The van der Waals surface area contributed by atoms with Gasteiger partial charge in [-0.05, 0) is 59.6 Å². The van der Waals surface area contributed by atoms with Crippen LogP contribution in [0.4, 0.5) is 9.59 Å². The lowest BCUT2D eigenvalue weighted by molar-refractivity contribution is -0.139. The van der Waals surface area contributed by atoms with E-state index < -0.39 is 26.4 Å². The Kier molecular flexibility index (Phi) is 11.7. The predicted octanol–water partition coefficient (Wildman–Crippen LogP) is 5.50. The van der Waals surface area contributed by atoms with Crippen molar-refractivity contribution in [3.8, 4) is 11.1 Å². The third-order valence-corrected chi connectivity index (χ3v) is 14.0. The Balaban J connectivity index is 1.11. The second-order valence-electron chi connectivity index (χ2n) is 13.5. The van der Waals surface area contributed by atoms with E-state index in [0.717, 1.165) is 48.5 Å². The number of piperazine rings is 1. The lowest BCUT2D eigenvalue weighted by Crippen LogP contribution is -2.52. The minimum Gasteiger partial charge on any atom is -0.480 e. The number of fused-ring (bicyclic) bond motifs is 3. The number of amides is 3. The number of nitrogens with zero attached hydrogens (tertiary/aromatic N) is 2. The van der Waals surface area contributed by atoms with E-state index in [9.17, 15) is 19.5 Å². The average Bonchev–Trinajstić information content (AvgIpc) is 3.32. The highest BCUT2D eigenvalue weighted by Crippen LogP contribution is 2.44. The molecule has 4 rings (SSSR count). The molecule has 45 heavy (non-hydrogen) atoms. The summed E-state index contributed by atoms with van der Waals surface area (Å²) >= 11 is 0. The van der Waals surface area contributed by atoms with Crippen molar-refractivity contribution < 1.29 is 28.7 Å². The Labute approximate surface area is 268 Å². The molecule has 2 aromatic carbocycles. The van der Waals surface area contributed by atoms with Gasteiger partial charge in [-0.15, -0.1) is 0 Å². The Morgan fingerprint density at radius 3 is 2.13 bits per heavy atom. The molecule has 1 atom stereocenters. The van der Waals surface area contributed by atoms with Gasteiger partial charge in [0.25, 0.3) is 0 Å². The van der Waals surface area contributed by atoms with Crippen molar-refractivity contribution in [1.29, 1.82) is 0 Å². The highest BCUT2D eigenvalue weighted by Gasteiger charge is 2.37. The molecule has 11 heteroatoms. The maximum Gasteiger partial charge on any atom is 0.407 e. The number of unbranched alkanes of at least 4 members (excludes halogenated alkanes) is 1. The quantitative estimate of drug-likeness (QED) is 0.196. The van der Waals surface area contributed by atoms with Crippen LogP contribution in [0.15, 0.2) is 48.5 Å². The van der Waals surface area contributed by atoms with Gasteiger partial charge in [-0.2, -0.15) is 0 Å². The van der Waals surface area contributed by atoms with Gasteiger partial charge in [0.05, 0.1) is 0 Å². The van der Waals surface area contributed by atoms with Crippen molar-refractivity contribution in [1.82, 2.24) is 20.4 Å². The van der Waals surface area contributed by atoms with Crippen molar-refractivity contribution in [2.75, 3.05) is 52.5 Å². The number of nitrogens with one attached hydrogen (secondary N) is 2. The molecule has 0 unspecified atom stereocenters. The van der Waals surface area contributed by atoms with Gasteiger partial charge in [0.1, 0.15) is 12.6 Å². The lowest BCUT2D eigenvalue weighted by Gasteiger charge is -2.38. The molecule has 0 aromatic heterocycles. The number of alkyl carbamates (subject to hydrolysis) is 1. The van der Waals surface area contributed by atoms with Crippen LogP contribution >= 0.6 is 0 Å². The van der Waals surface area contributed by atoms with E-state index in [1.165, 1.54) is 0 Å². The molecule has 10 nitrogen and oxygen atoms in total. The summed E-state index contributed by atoms with van der Waals surface area (Å²) in [6, 6.07) is 14.9. The standard InChI is InChI=1S/C34H50N4O6Si/c1-34(2,3)45(4,5)44-23-22-37-18-20-38(21-19-37)32(41)35-17-11-10-16-30(31(39)40)36-33(42)43-24-29-27-14-8-6-12-25(27)26-13-7-9-15-28(26)29/h6-9,12-15,29-30H,10-11,16-24H2,1-5H3,(H,35,41)(H,36,42)(H,39,40)/t30-/m0/s1. The number of rotatable bonds is 13. The number of hydrogen-bond acceptors (Lipinski definition) is 6. The number of carboxylic acids is 1. The maximum absolute atomic E-state index is 12.7.